The maximum Gasteiger partial charge on any atom is 0.352 e. The van der Waals surface area contributed by atoms with Gasteiger partial charge in [0.1, 0.15) is 5.69 Å². The minimum Gasteiger partial charge on any atom is -0.477 e. The lowest BCUT2D eigenvalue weighted by Gasteiger charge is -2.03. The minimum atomic E-state index is -1.06. The van der Waals surface area contributed by atoms with Crippen LogP contribution in [0, 0.1) is 6.92 Å². The molecule has 1 N–H and O–H groups in total. The summed E-state index contributed by atoms with van der Waals surface area (Å²) in [7, 11) is 1.59. The number of ketones is 1. The third-order valence-corrected chi connectivity index (χ3v) is 3.15. The lowest BCUT2D eigenvalue weighted by molar-refractivity contribution is 0.0686. The molecule has 1 aromatic heterocycles. The number of aryl methyl sites for hydroxylation is 2. The van der Waals surface area contributed by atoms with Crippen molar-refractivity contribution in [3.63, 3.8) is 0 Å². The fourth-order valence-electron chi connectivity index (χ4n) is 1.94. The van der Waals surface area contributed by atoms with E-state index in [1.165, 1.54) is 16.8 Å². The summed E-state index contributed by atoms with van der Waals surface area (Å²) in [6, 6.07) is 6.37. The highest BCUT2D eigenvalue weighted by Gasteiger charge is 2.17. The van der Waals surface area contributed by atoms with Crippen LogP contribution < -0.4 is 0 Å². The Bertz CT molecular complexity index is 673. The number of hydrogen-bond acceptors (Lipinski definition) is 2. The van der Waals surface area contributed by atoms with E-state index in [4.69, 9.17) is 16.7 Å². The average molecular weight is 278 g/mol. The van der Waals surface area contributed by atoms with Crippen molar-refractivity contribution >= 4 is 23.4 Å². The van der Waals surface area contributed by atoms with Gasteiger partial charge in [-0.3, -0.25) is 4.79 Å². The molecular formula is C14H12ClNO3. The molecule has 4 nitrogen and oxygen atoms in total. The van der Waals surface area contributed by atoms with E-state index < -0.39 is 5.97 Å². The Morgan fingerprint density at radius 1 is 1.26 bits per heavy atom. The zero-order valence-corrected chi connectivity index (χ0v) is 11.2. The molecule has 98 valence electrons. The molecule has 0 amide bonds. The lowest BCUT2D eigenvalue weighted by Crippen LogP contribution is -2.02. The number of nitrogens with zero attached hydrogens (tertiary/aromatic N) is 1. The number of halogens is 1. The molecule has 1 heterocycles. The van der Waals surface area contributed by atoms with Crippen LogP contribution in [0.25, 0.3) is 0 Å². The molecule has 0 radical (unpaired) electrons. The van der Waals surface area contributed by atoms with Crippen molar-refractivity contribution in [3.8, 4) is 0 Å². The zero-order valence-electron chi connectivity index (χ0n) is 10.5. The molecule has 0 atom stereocenters. The summed E-state index contributed by atoms with van der Waals surface area (Å²) in [6.07, 6.45) is 1.51. The summed E-state index contributed by atoms with van der Waals surface area (Å²) >= 11 is 5.85. The summed E-state index contributed by atoms with van der Waals surface area (Å²) in [6.45, 7) is 1.79. The maximum atomic E-state index is 12.3. The summed E-state index contributed by atoms with van der Waals surface area (Å²) in [4.78, 5) is 23.3. The van der Waals surface area contributed by atoms with Gasteiger partial charge in [0.05, 0.1) is 0 Å². The van der Waals surface area contributed by atoms with Crippen LogP contribution in [0.5, 0.6) is 0 Å². The van der Waals surface area contributed by atoms with Gasteiger partial charge in [0.2, 0.25) is 0 Å². The average Bonchev–Trinajstić information content (AvgIpc) is 2.70. The van der Waals surface area contributed by atoms with Crippen molar-refractivity contribution in [1.29, 1.82) is 0 Å². The minimum absolute atomic E-state index is 0.0787. The Labute approximate surface area is 115 Å². The molecule has 0 bridgehead atoms. The molecule has 0 fully saturated rings. The van der Waals surface area contributed by atoms with Gasteiger partial charge in [0, 0.05) is 29.4 Å². The first-order chi connectivity index (χ1) is 8.90. The number of carboxylic acids is 1. The van der Waals surface area contributed by atoms with E-state index in [9.17, 15) is 9.59 Å². The van der Waals surface area contributed by atoms with Crippen LogP contribution in [-0.2, 0) is 7.05 Å². The topological polar surface area (TPSA) is 59.3 Å². The molecule has 5 heteroatoms. The number of carboxylic acid groups (broad SMARTS) is 1. The highest BCUT2D eigenvalue weighted by atomic mass is 35.5. The molecular weight excluding hydrogens is 266 g/mol. The van der Waals surface area contributed by atoms with Crippen LogP contribution in [0.2, 0.25) is 5.02 Å². The van der Waals surface area contributed by atoms with E-state index >= 15 is 0 Å². The Morgan fingerprint density at radius 3 is 2.47 bits per heavy atom. The van der Waals surface area contributed by atoms with Gasteiger partial charge in [-0.15, -0.1) is 0 Å². The third kappa shape index (κ3) is 2.53. The molecule has 0 saturated carbocycles. The molecule has 0 spiro atoms. The van der Waals surface area contributed by atoms with Crippen LogP contribution >= 0.6 is 11.6 Å². The number of benzene rings is 1. The SMILES string of the molecule is Cc1cc(Cl)ccc1C(=O)c1cc(C(=O)O)n(C)c1. The van der Waals surface area contributed by atoms with Crippen molar-refractivity contribution in [2.24, 2.45) is 7.05 Å². The molecule has 0 unspecified atom stereocenters. The van der Waals surface area contributed by atoms with Crippen molar-refractivity contribution in [1.82, 2.24) is 4.57 Å². The third-order valence-electron chi connectivity index (χ3n) is 2.92. The van der Waals surface area contributed by atoms with E-state index in [0.717, 1.165) is 5.56 Å². The van der Waals surface area contributed by atoms with Crippen molar-refractivity contribution in [2.45, 2.75) is 6.92 Å². The summed E-state index contributed by atoms with van der Waals surface area (Å²) in [5, 5.41) is 9.54. The molecule has 2 rings (SSSR count). The molecule has 1 aromatic carbocycles. The fourth-order valence-corrected chi connectivity index (χ4v) is 2.17. The Hall–Kier alpha value is -2.07. The second kappa shape index (κ2) is 4.90. The molecule has 19 heavy (non-hydrogen) atoms. The summed E-state index contributed by atoms with van der Waals surface area (Å²) in [5.41, 5.74) is 1.71. The van der Waals surface area contributed by atoms with Gasteiger partial charge < -0.3 is 9.67 Å². The van der Waals surface area contributed by atoms with E-state index in [-0.39, 0.29) is 11.5 Å². The largest absolute Gasteiger partial charge is 0.477 e. The highest BCUT2D eigenvalue weighted by molar-refractivity contribution is 6.30. The number of carbonyl (C=O) groups is 2. The maximum absolute atomic E-state index is 12.3. The first kappa shape index (κ1) is 13.4. The second-order valence-corrected chi connectivity index (χ2v) is 4.75. The van der Waals surface area contributed by atoms with Crippen LogP contribution in [-0.4, -0.2) is 21.4 Å². The van der Waals surface area contributed by atoms with Gasteiger partial charge in [0.15, 0.2) is 5.78 Å². The van der Waals surface area contributed by atoms with E-state index in [0.29, 0.717) is 16.1 Å². The monoisotopic (exact) mass is 277 g/mol. The molecule has 0 aliphatic carbocycles. The first-order valence-corrected chi connectivity index (χ1v) is 5.98. The zero-order chi connectivity index (χ0) is 14.2. The van der Waals surface area contributed by atoms with Crippen molar-refractivity contribution in [3.05, 3.63) is 57.9 Å². The summed E-state index contributed by atoms with van der Waals surface area (Å²) in [5.74, 6) is -1.27. The van der Waals surface area contributed by atoms with Crippen LogP contribution in [0.4, 0.5) is 0 Å². The van der Waals surface area contributed by atoms with Crippen LogP contribution in [0.15, 0.2) is 30.5 Å². The van der Waals surface area contributed by atoms with Crippen molar-refractivity contribution in [2.75, 3.05) is 0 Å². The summed E-state index contributed by atoms with van der Waals surface area (Å²) < 4.78 is 1.42. The number of hydrogen-bond donors (Lipinski definition) is 1. The smallest absolute Gasteiger partial charge is 0.352 e. The highest BCUT2D eigenvalue weighted by Crippen LogP contribution is 2.19. The predicted molar refractivity (Wildman–Crippen MR) is 72.0 cm³/mol. The lowest BCUT2D eigenvalue weighted by atomic mass is 10.0. The number of aromatic nitrogens is 1. The normalized spacial score (nSPS) is 10.5. The molecule has 0 aliphatic rings. The number of aromatic carboxylic acids is 1. The quantitative estimate of drug-likeness (QED) is 0.878. The molecule has 0 aliphatic heterocycles. The van der Waals surface area contributed by atoms with Crippen LogP contribution in [0.1, 0.15) is 32.0 Å². The van der Waals surface area contributed by atoms with Gasteiger partial charge in [-0.2, -0.15) is 0 Å². The van der Waals surface area contributed by atoms with Crippen LogP contribution in [0.3, 0.4) is 0 Å². The first-order valence-electron chi connectivity index (χ1n) is 5.60. The standard InChI is InChI=1S/C14H12ClNO3/c1-8-5-10(15)3-4-11(8)13(17)9-6-12(14(18)19)16(2)7-9/h3-7H,1-2H3,(H,18,19). The van der Waals surface area contributed by atoms with E-state index in [1.807, 2.05) is 0 Å². The van der Waals surface area contributed by atoms with E-state index in [1.54, 1.807) is 32.2 Å². The van der Waals surface area contributed by atoms with Crippen molar-refractivity contribution < 1.29 is 14.7 Å². The predicted octanol–water partition coefficient (Wildman–Crippen LogP) is 2.92. The second-order valence-electron chi connectivity index (χ2n) is 4.32. The van der Waals surface area contributed by atoms with E-state index in [2.05, 4.69) is 0 Å². The Kier molecular flexibility index (Phi) is 3.44. The van der Waals surface area contributed by atoms with Gasteiger partial charge >= 0.3 is 5.97 Å². The van der Waals surface area contributed by atoms with Gasteiger partial charge in [-0.25, -0.2) is 4.79 Å². The molecule has 2 aromatic rings. The fraction of sp³-hybridized carbons (Fsp3) is 0.143. The van der Waals surface area contributed by atoms with Gasteiger partial charge in [0.25, 0.3) is 0 Å². The van der Waals surface area contributed by atoms with Gasteiger partial charge in [-0.05, 0) is 36.8 Å². The number of rotatable bonds is 3. The number of carbonyl (C=O) groups excluding carboxylic acids is 1. The Morgan fingerprint density at radius 2 is 1.95 bits per heavy atom. The van der Waals surface area contributed by atoms with Gasteiger partial charge in [-0.1, -0.05) is 11.6 Å². The molecule has 0 saturated heterocycles. The Balaban J connectivity index is 2.44.